The van der Waals surface area contributed by atoms with Crippen molar-refractivity contribution < 1.29 is 4.74 Å². The molecule has 0 saturated heterocycles. The Morgan fingerprint density at radius 2 is 2.25 bits per heavy atom. The van der Waals surface area contributed by atoms with Gasteiger partial charge in [-0.1, -0.05) is 0 Å². The van der Waals surface area contributed by atoms with Gasteiger partial charge in [0.1, 0.15) is 16.8 Å². The van der Waals surface area contributed by atoms with Crippen molar-refractivity contribution in [1.82, 2.24) is 9.78 Å². The lowest BCUT2D eigenvalue weighted by molar-refractivity contribution is 0.407. The summed E-state index contributed by atoms with van der Waals surface area (Å²) in [5, 5.41) is 14.7. The molecule has 1 aromatic carbocycles. The minimum atomic E-state index is 0.604. The number of aliphatic imine (C=N–C) groups is 1. The number of aromatic nitrogens is 2. The molecule has 0 amide bonds. The van der Waals surface area contributed by atoms with E-state index in [1.165, 1.54) is 16.9 Å². The third kappa shape index (κ3) is 3.89. The second kappa shape index (κ2) is 8.29. The number of nitrogens with zero attached hydrogens (tertiary/aromatic N) is 4. The molecule has 0 spiro atoms. The largest absolute Gasteiger partial charge is 0.496 e. The van der Waals surface area contributed by atoms with Gasteiger partial charge in [-0.3, -0.25) is 4.68 Å². The predicted octanol–water partition coefficient (Wildman–Crippen LogP) is 5.27. The summed E-state index contributed by atoms with van der Waals surface area (Å²) in [4.78, 5) is 5.99. The van der Waals surface area contributed by atoms with Crippen LogP contribution in [-0.4, -0.2) is 23.1 Å². The number of halogens is 1. The van der Waals surface area contributed by atoms with E-state index in [9.17, 15) is 5.26 Å². The molecule has 0 aliphatic heterocycles. The van der Waals surface area contributed by atoms with E-state index in [2.05, 4.69) is 38.2 Å². The Balaban J connectivity index is 1.62. The summed E-state index contributed by atoms with van der Waals surface area (Å²) in [6.07, 6.45) is 9.95. The summed E-state index contributed by atoms with van der Waals surface area (Å²) in [7, 11) is 1.67. The van der Waals surface area contributed by atoms with Crippen LogP contribution in [0.2, 0.25) is 0 Å². The molecule has 3 aromatic rings. The Labute approximate surface area is 176 Å². The van der Waals surface area contributed by atoms with Gasteiger partial charge < -0.3 is 4.74 Å². The lowest BCUT2D eigenvalue weighted by Gasteiger charge is -2.09. The molecule has 1 aliphatic carbocycles. The standard InChI is InChI=1S/C21H19BrN4OS/c1-27-19-7-6-14(8-15(19)12-26-13-16(22)11-25-26)10-24-21-18(9-23)17-4-2-3-5-20(17)28-21/h6-8,10-11,13H,2-5,12H2,1H3. The Hall–Kier alpha value is -2.43. The van der Waals surface area contributed by atoms with Gasteiger partial charge in [0.05, 0.1) is 29.9 Å². The van der Waals surface area contributed by atoms with Crippen molar-refractivity contribution in [2.24, 2.45) is 4.99 Å². The molecule has 7 heteroatoms. The Bertz CT molecular complexity index is 1080. The fourth-order valence-corrected chi connectivity index (χ4v) is 5.00. The zero-order valence-electron chi connectivity index (χ0n) is 15.5. The highest BCUT2D eigenvalue weighted by Crippen LogP contribution is 2.39. The SMILES string of the molecule is COc1ccc(C=Nc2sc3c(c2C#N)CCCC3)cc1Cn1cc(Br)cn1. The number of thiophene rings is 1. The molecule has 0 atom stereocenters. The molecule has 0 bridgehead atoms. The van der Waals surface area contributed by atoms with Crippen molar-refractivity contribution in [3.63, 3.8) is 0 Å². The van der Waals surface area contributed by atoms with Crippen molar-refractivity contribution in [1.29, 1.82) is 5.26 Å². The Kier molecular flexibility index (Phi) is 5.60. The third-order valence-electron chi connectivity index (χ3n) is 4.83. The van der Waals surface area contributed by atoms with E-state index < -0.39 is 0 Å². The van der Waals surface area contributed by atoms with Gasteiger partial charge in [0.15, 0.2) is 0 Å². The first-order chi connectivity index (χ1) is 13.7. The van der Waals surface area contributed by atoms with Crippen LogP contribution in [0.4, 0.5) is 5.00 Å². The zero-order chi connectivity index (χ0) is 19.5. The molecule has 0 radical (unpaired) electrons. The van der Waals surface area contributed by atoms with Crippen LogP contribution in [-0.2, 0) is 19.4 Å². The zero-order valence-corrected chi connectivity index (χ0v) is 17.9. The maximum absolute atomic E-state index is 9.59. The van der Waals surface area contributed by atoms with Gasteiger partial charge in [-0.05, 0) is 70.9 Å². The summed E-state index contributed by atoms with van der Waals surface area (Å²) < 4.78 is 8.29. The fraction of sp³-hybridized carbons (Fsp3) is 0.286. The van der Waals surface area contributed by atoms with Crippen LogP contribution in [0.1, 0.15) is 40.0 Å². The maximum Gasteiger partial charge on any atom is 0.134 e. The Morgan fingerprint density at radius 1 is 1.39 bits per heavy atom. The van der Waals surface area contributed by atoms with E-state index in [1.54, 1.807) is 24.6 Å². The van der Waals surface area contributed by atoms with Crippen LogP contribution in [0.3, 0.4) is 0 Å². The first-order valence-corrected chi connectivity index (χ1v) is 10.7. The van der Waals surface area contributed by atoms with Crippen LogP contribution in [0.15, 0.2) is 40.1 Å². The molecule has 0 fully saturated rings. The highest BCUT2D eigenvalue weighted by atomic mass is 79.9. The summed E-state index contributed by atoms with van der Waals surface area (Å²) in [5.41, 5.74) is 3.96. The summed E-state index contributed by atoms with van der Waals surface area (Å²) >= 11 is 5.08. The fourth-order valence-electron chi connectivity index (χ4n) is 3.49. The van der Waals surface area contributed by atoms with Crippen LogP contribution < -0.4 is 4.74 Å². The molecule has 0 unspecified atom stereocenters. The van der Waals surface area contributed by atoms with Crippen molar-refractivity contribution >= 4 is 38.5 Å². The minimum absolute atomic E-state index is 0.604. The first-order valence-electron chi connectivity index (χ1n) is 9.11. The number of fused-ring (bicyclic) bond motifs is 1. The molecule has 4 rings (SSSR count). The molecule has 5 nitrogen and oxygen atoms in total. The summed E-state index contributed by atoms with van der Waals surface area (Å²) in [6.45, 7) is 0.604. The maximum atomic E-state index is 9.59. The quantitative estimate of drug-likeness (QED) is 0.493. The summed E-state index contributed by atoms with van der Waals surface area (Å²) in [5.74, 6) is 0.813. The number of hydrogen-bond donors (Lipinski definition) is 0. The van der Waals surface area contributed by atoms with E-state index in [1.807, 2.05) is 29.2 Å². The molecular formula is C21H19BrN4OS. The average molecular weight is 455 g/mol. The molecule has 0 saturated carbocycles. The number of methoxy groups -OCH3 is 1. The topological polar surface area (TPSA) is 63.2 Å². The van der Waals surface area contributed by atoms with Gasteiger partial charge in [-0.2, -0.15) is 10.4 Å². The second-order valence-electron chi connectivity index (χ2n) is 6.69. The van der Waals surface area contributed by atoms with Crippen LogP contribution in [0.25, 0.3) is 0 Å². The molecule has 2 heterocycles. The predicted molar refractivity (Wildman–Crippen MR) is 115 cm³/mol. The van der Waals surface area contributed by atoms with Crippen molar-refractivity contribution in [2.45, 2.75) is 32.2 Å². The van der Waals surface area contributed by atoms with Crippen LogP contribution in [0, 0.1) is 11.3 Å². The lowest BCUT2D eigenvalue weighted by atomic mass is 9.96. The third-order valence-corrected chi connectivity index (χ3v) is 6.44. The first kappa shape index (κ1) is 18.9. The molecule has 142 valence electrons. The van der Waals surface area contributed by atoms with Gasteiger partial charge in [-0.25, -0.2) is 4.99 Å². The normalized spacial score (nSPS) is 13.5. The van der Waals surface area contributed by atoms with Crippen LogP contribution in [0.5, 0.6) is 5.75 Å². The molecule has 28 heavy (non-hydrogen) atoms. The number of nitriles is 1. The van der Waals surface area contributed by atoms with E-state index >= 15 is 0 Å². The smallest absolute Gasteiger partial charge is 0.134 e. The number of benzene rings is 1. The molecular weight excluding hydrogens is 436 g/mol. The van der Waals surface area contributed by atoms with Gasteiger partial charge in [-0.15, -0.1) is 11.3 Å². The second-order valence-corrected chi connectivity index (χ2v) is 8.69. The lowest BCUT2D eigenvalue weighted by Crippen LogP contribution is -2.03. The molecule has 1 aliphatic rings. The number of hydrogen-bond acceptors (Lipinski definition) is 5. The highest BCUT2D eigenvalue weighted by Gasteiger charge is 2.20. The van der Waals surface area contributed by atoms with E-state index in [0.29, 0.717) is 6.54 Å². The van der Waals surface area contributed by atoms with Crippen molar-refractivity contribution in [2.75, 3.05) is 7.11 Å². The number of rotatable bonds is 5. The van der Waals surface area contributed by atoms with Crippen molar-refractivity contribution in [3.8, 4) is 11.8 Å². The Morgan fingerprint density at radius 3 is 3.00 bits per heavy atom. The van der Waals surface area contributed by atoms with Gasteiger partial charge >= 0.3 is 0 Å². The van der Waals surface area contributed by atoms with Gasteiger partial charge in [0, 0.05) is 22.9 Å². The van der Waals surface area contributed by atoms with Gasteiger partial charge in [0.25, 0.3) is 0 Å². The number of aryl methyl sites for hydroxylation is 1. The molecule has 2 aromatic heterocycles. The minimum Gasteiger partial charge on any atom is -0.496 e. The monoisotopic (exact) mass is 454 g/mol. The van der Waals surface area contributed by atoms with Crippen molar-refractivity contribution in [3.05, 3.63) is 62.2 Å². The molecule has 0 N–H and O–H groups in total. The van der Waals surface area contributed by atoms with E-state index in [-0.39, 0.29) is 0 Å². The number of ether oxygens (including phenoxy) is 1. The van der Waals surface area contributed by atoms with Crippen LogP contribution >= 0.6 is 27.3 Å². The van der Waals surface area contributed by atoms with E-state index in [0.717, 1.165) is 51.2 Å². The average Bonchev–Trinajstić information content (AvgIpc) is 3.29. The van der Waals surface area contributed by atoms with E-state index in [4.69, 9.17) is 4.74 Å². The summed E-state index contributed by atoms with van der Waals surface area (Å²) in [6, 6.07) is 8.34. The highest BCUT2D eigenvalue weighted by molar-refractivity contribution is 9.10. The van der Waals surface area contributed by atoms with Gasteiger partial charge in [0.2, 0.25) is 0 Å².